The molecule has 0 aliphatic rings. The van der Waals surface area contributed by atoms with Gasteiger partial charge < -0.3 is 22.5 Å². The molecule has 13 heteroatoms. The van der Waals surface area contributed by atoms with Gasteiger partial charge in [0.25, 0.3) is 0 Å². The number of H-pyrrole nitrogens is 1. The van der Waals surface area contributed by atoms with E-state index < -0.39 is 11.9 Å². The Labute approximate surface area is 122 Å². The van der Waals surface area contributed by atoms with E-state index in [2.05, 4.69) is 40.9 Å². The van der Waals surface area contributed by atoms with Crippen LogP contribution in [0.4, 0.5) is 11.6 Å². The number of aromatic nitrogens is 6. The van der Waals surface area contributed by atoms with Crippen molar-refractivity contribution in [2.75, 3.05) is 11.1 Å². The van der Waals surface area contributed by atoms with Gasteiger partial charge in [-0.15, -0.1) is 10.2 Å². The molecule has 0 unspecified atom stereocenters. The van der Waals surface area contributed by atoms with Crippen LogP contribution in [0.25, 0.3) is 0 Å². The molecule has 0 spiro atoms. The van der Waals surface area contributed by atoms with Gasteiger partial charge in [-0.2, -0.15) is 10.2 Å². The van der Waals surface area contributed by atoms with Gasteiger partial charge in [-0.3, -0.25) is 4.79 Å². The number of anilines is 2. The second-order valence-electron chi connectivity index (χ2n) is 3.62. The quantitative estimate of drug-likeness (QED) is 0.318. The van der Waals surface area contributed by atoms with Crippen LogP contribution in [0.3, 0.4) is 0 Å². The number of halogens is 1. The third kappa shape index (κ3) is 3.50. The number of nitrogens with one attached hydrogen (secondary N) is 2. The number of carbonyl (C=O) groups excluding carboxylic acids is 1. The Bertz CT molecular complexity index is 678. The predicted octanol–water partition coefficient (Wildman–Crippen LogP) is -1.75. The van der Waals surface area contributed by atoms with Gasteiger partial charge in [0.15, 0.2) is 34.3 Å². The van der Waals surface area contributed by atoms with Crippen LogP contribution in [0.2, 0.25) is 5.15 Å². The first kappa shape index (κ1) is 14.4. The van der Waals surface area contributed by atoms with E-state index in [9.17, 15) is 4.79 Å². The van der Waals surface area contributed by atoms with Crippen LogP contribution in [0, 0.1) is 0 Å². The highest BCUT2D eigenvalue weighted by atomic mass is 35.5. The van der Waals surface area contributed by atoms with Gasteiger partial charge in [-0.1, -0.05) is 16.8 Å². The number of aromatic amines is 1. The summed E-state index contributed by atoms with van der Waals surface area (Å²) in [6, 6.07) is 0. The number of tetrazole rings is 1. The highest BCUT2D eigenvalue weighted by molar-refractivity contribution is 6.32. The van der Waals surface area contributed by atoms with Gasteiger partial charge >= 0.3 is 5.91 Å². The lowest BCUT2D eigenvalue weighted by molar-refractivity contribution is 0.0998. The molecular formula is C8H10ClN11O. The molecule has 2 aromatic rings. The predicted molar refractivity (Wildman–Crippen MR) is 73.1 cm³/mol. The summed E-state index contributed by atoms with van der Waals surface area (Å²) in [7, 11) is 0. The smallest absolute Gasteiger partial charge is 0.302 e. The van der Waals surface area contributed by atoms with Crippen molar-refractivity contribution in [1.29, 1.82) is 0 Å². The molecule has 0 fully saturated rings. The number of amides is 1. The summed E-state index contributed by atoms with van der Waals surface area (Å²) >= 11 is 5.90. The van der Waals surface area contributed by atoms with Gasteiger partial charge in [0.2, 0.25) is 0 Å². The standard InChI is InChI=1S/C8H10ClN11O/c9-4-6(13-1-2-17-19-20-18-2)15-5(10)3(14-4)7(21)16-8(11)12/h1H2,(H3,10,13,15)(H4,11,12,16,21)(H,17,18,19,20). The maximum Gasteiger partial charge on any atom is 0.302 e. The molecule has 0 atom stereocenters. The molecule has 12 nitrogen and oxygen atoms in total. The monoisotopic (exact) mass is 311 g/mol. The lowest BCUT2D eigenvalue weighted by atomic mass is 10.4. The van der Waals surface area contributed by atoms with Crippen LogP contribution in [-0.4, -0.2) is 42.5 Å². The Morgan fingerprint density at radius 3 is 2.76 bits per heavy atom. The molecule has 0 aliphatic carbocycles. The fraction of sp³-hybridized carbons (Fsp3) is 0.125. The molecule has 2 heterocycles. The van der Waals surface area contributed by atoms with E-state index in [1.54, 1.807) is 0 Å². The Kier molecular flexibility index (Phi) is 4.08. The molecule has 21 heavy (non-hydrogen) atoms. The van der Waals surface area contributed by atoms with Crippen molar-refractivity contribution in [2.24, 2.45) is 16.5 Å². The average Bonchev–Trinajstić information content (AvgIpc) is 2.91. The zero-order valence-corrected chi connectivity index (χ0v) is 11.2. The first-order chi connectivity index (χ1) is 9.97. The van der Waals surface area contributed by atoms with Crippen molar-refractivity contribution in [2.45, 2.75) is 6.54 Å². The van der Waals surface area contributed by atoms with Crippen LogP contribution in [0.1, 0.15) is 16.3 Å². The van der Waals surface area contributed by atoms with E-state index in [0.717, 1.165) is 0 Å². The van der Waals surface area contributed by atoms with E-state index in [1.807, 2.05) is 0 Å². The third-order valence-electron chi connectivity index (χ3n) is 2.12. The minimum Gasteiger partial charge on any atom is -0.382 e. The zero-order chi connectivity index (χ0) is 15.4. The molecule has 0 bridgehead atoms. The maximum absolute atomic E-state index is 11.6. The number of nitrogens with two attached hydrogens (primary N) is 3. The molecule has 0 aliphatic heterocycles. The SMILES string of the molecule is NC(N)=NC(=O)c1nc(Cl)c(NCc2nn[nH]n2)nc1N. The molecule has 0 saturated carbocycles. The van der Waals surface area contributed by atoms with Crippen molar-refractivity contribution in [3.63, 3.8) is 0 Å². The van der Waals surface area contributed by atoms with Crippen LogP contribution >= 0.6 is 11.6 Å². The topological polar surface area (TPSA) is 200 Å². The van der Waals surface area contributed by atoms with Crippen LogP contribution < -0.4 is 22.5 Å². The first-order valence-corrected chi connectivity index (χ1v) is 5.78. The number of rotatable bonds is 4. The number of nitrogen functional groups attached to an aromatic ring is 1. The van der Waals surface area contributed by atoms with Gasteiger partial charge in [-0.25, -0.2) is 9.97 Å². The molecule has 8 N–H and O–H groups in total. The Hall–Kier alpha value is -3.02. The molecule has 2 aromatic heterocycles. The van der Waals surface area contributed by atoms with Crippen molar-refractivity contribution < 1.29 is 4.79 Å². The van der Waals surface area contributed by atoms with Gasteiger partial charge in [-0.05, 0) is 0 Å². The van der Waals surface area contributed by atoms with E-state index in [0.29, 0.717) is 5.82 Å². The molecule has 2 rings (SSSR count). The molecule has 1 amide bonds. The maximum atomic E-state index is 11.6. The number of hydrogen-bond donors (Lipinski definition) is 5. The van der Waals surface area contributed by atoms with E-state index in [4.69, 9.17) is 28.8 Å². The summed E-state index contributed by atoms with van der Waals surface area (Å²) in [6.07, 6.45) is 0. The zero-order valence-electron chi connectivity index (χ0n) is 10.4. The third-order valence-corrected chi connectivity index (χ3v) is 2.38. The van der Waals surface area contributed by atoms with Gasteiger partial charge in [0.05, 0.1) is 6.54 Å². The number of hydrogen-bond acceptors (Lipinski definition) is 8. The summed E-state index contributed by atoms with van der Waals surface area (Å²) in [5.74, 6) is -0.902. The number of nitrogens with zero attached hydrogens (tertiary/aromatic N) is 6. The lowest BCUT2D eigenvalue weighted by Crippen LogP contribution is -2.25. The van der Waals surface area contributed by atoms with Crippen LogP contribution in [0.15, 0.2) is 4.99 Å². The summed E-state index contributed by atoms with van der Waals surface area (Å²) in [5.41, 5.74) is 15.6. The fourth-order valence-corrected chi connectivity index (χ4v) is 1.48. The Morgan fingerprint density at radius 2 is 2.14 bits per heavy atom. The fourth-order valence-electron chi connectivity index (χ4n) is 1.29. The minimum atomic E-state index is -0.841. The number of carbonyl (C=O) groups is 1. The molecule has 0 saturated heterocycles. The Morgan fingerprint density at radius 1 is 1.38 bits per heavy atom. The molecule has 0 aromatic carbocycles. The summed E-state index contributed by atoms with van der Waals surface area (Å²) in [6.45, 7) is 0.186. The number of guanidine groups is 1. The number of aliphatic imine (C=N–C) groups is 1. The first-order valence-electron chi connectivity index (χ1n) is 5.40. The van der Waals surface area contributed by atoms with Gasteiger partial charge in [0, 0.05) is 0 Å². The minimum absolute atomic E-state index is 0.0816. The van der Waals surface area contributed by atoms with Crippen molar-refractivity contribution in [3.05, 3.63) is 16.7 Å². The average molecular weight is 312 g/mol. The van der Waals surface area contributed by atoms with E-state index >= 15 is 0 Å². The van der Waals surface area contributed by atoms with E-state index in [1.165, 1.54) is 0 Å². The Balaban J connectivity index is 2.20. The molecule has 0 radical (unpaired) electrons. The van der Waals surface area contributed by atoms with Gasteiger partial charge in [0.1, 0.15) is 0 Å². The lowest BCUT2D eigenvalue weighted by Gasteiger charge is -2.07. The van der Waals surface area contributed by atoms with Crippen LogP contribution in [0.5, 0.6) is 0 Å². The highest BCUT2D eigenvalue weighted by Gasteiger charge is 2.17. The normalized spacial score (nSPS) is 10.1. The van der Waals surface area contributed by atoms with Crippen LogP contribution in [-0.2, 0) is 6.54 Å². The van der Waals surface area contributed by atoms with Crippen molar-refractivity contribution in [3.8, 4) is 0 Å². The second-order valence-corrected chi connectivity index (χ2v) is 3.98. The second kappa shape index (κ2) is 5.96. The molecule has 110 valence electrons. The largest absolute Gasteiger partial charge is 0.382 e. The summed E-state index contributed by atoms with van der Waals surface area (Å²) in [4.78, 5) is 22.7. The summed E-state index contributed by atoms with van der Waals surface area (Å²) in [5, 5.41) is 15.8. The van der Waals surface area contributed by atoms with E-state index in [-0.39, 0.29) is 29.0 Å². The molecular weight excluding hydrogens is 302 g/mol. The summed E-state index contributed by atoms with van der Waals surface area (Å²) < 4.78 is 0. The highest BCUT2D eigenvalue weighted by Crippen LogP contribution is 2.21. The van der Waals surface area contributed by atoms with Crippen molar-refractivity contribution >= 4 is 35.1 Å². The van der Waals surface area contributed by atoms with Crippen molar-refractivity contribution in [1.82, 2.24) is 30.6 Å².